The second-order valence-corrected chi connectivity index (χ2v) is 9.90. The fourth-order valence-corrected chi connectivity index (χ4v) is 5.37. The Morgan fingerprint density at radius 3 is 1.63 bits per heavy atom. The molecular weight excluding hydrogens is 504 g/mol. The lowest BCUT2D eigenvalue weighted by Crippen LogP contribution is -2.00. The number of benzene rings is 5. The van der Waals surface area contributed by atoms with Crippen LogP contribution in [0.1, 0.15) is 0 Å². The summed E-state index contributed by atoms with van der Waals surface area (Å²) < 4.78 is 6.56. The molecule has 0 saturated carbocycles. The van der Waals surface area contributed by atoms with E-state index >= 15 is 0 Å². The van der Waals surface area contributed by atoms with Crippen molar-refractivity contribution in [3.63, 3.8) is 0 Å². The fourth-order valence-electron chi connectivity index (χ4n) is 5.37. The lowest BCUT2D eigenvalue weighted by molar-refractivity contribution is 0.657. The summed E-state index contributed by atoms with van der Waals surface area (Å²) in [6, 6.07) is 44.7. The Hall–Kier alpha value is -5.68. The van der Waals surface area contributed by atoms with Crippen LogP contribution in [0.2, 0.25) is 0 Å². The van der Waals surface area contributed by atoms with Crippen LogP contribution in [-0.4, -0.2) is 19.9 Å². The van der Waals surface area contributed by atoms with Gasteiger partial charge in [-0.3, -0.25) is 0 Å². The first-order chi connectivity index (χ1) is 20.3. The van der Waals surface area contributed by atoms with Gasteiger partial charge in [0.15, 0.2) is 17.5 Å². The first-order valence-corrected chi connectivity index (χ1v) is 13.5. The third kappa shape index (κ3) is 4.03. The maximum absolute atomic E-state index is 6.56. The summed E-state index contributed by atoms with van der Waals surface area (Å²) >= 11 is 0. The van der Waals surface area contributed by atoms with Gasteiger partial charge in [0.1, 0.15) is 5.58 Å². The monoisotopic (exact) mass is 526 g/mol. The largest absolute Gasteiger partial charge is 0.437 e. The highest BCUT2D eigenvalue weighted by Gasteiger charge is 2.21. The van der Waals surface area contributed by atoms with Gasteiger partial charge >= 0.3 is 0 Å². The van der Waals surface area contributed by atoms with Gasteiger partial charge in [-0.25, -0.2) is 19.9 Å². The van der Waals surface area contributed by atoms with Crippen LogP contribution in [0, 0.1) is 0 Å². The number of furan rings is 1. The molecule has 0 atom stereocenters. The van der Waals surface area contributed by atoms with Crippen molar-refractivity contribution in [1.29, 1.82) is 0 Å². The molecule has 3 heterocycles. The fraction of sp³-hybridized carbons (Fsp3) is 0. The van der Waals surface area contributed by atoms with E-state index in [1.165, 1.54) is 0 Å². The van der Waals surface area contributed by atoms with Gasteiger partial charge < -0.3 is 4.42 Å². The highest BCUT2D eigenvalue weighted by molar-refractivity contribution is 6.16. The molecule has 0 aliphatic heterocycles. The molecule has 0 bridgehead atoms. The summed E-state index contributed by atoms with van der Waals surface area (Å²) in [4.78, 5) is 19.8. The first-order valence-electron chi connectivity index (χ1n) is 13.5. The standard InChI is InChI=1S/C36H22N4O/c1-4-12-23(13-5-1)27-20-21-28(31-29-22-26-18-10-11-19-30(26)37-36(29)41-32(27)31)35-39-33(24-14-6-2-7-15-24)38-34(40-35)25-16-8-3-9-17-25/h1-22H. The highest BCUT2D eigenvalue weighted by Crippen LogP contribution is 2.41. The topological polar surface area (TPSA) is 64.7 Å². The van der Waals surface area contributed by atoms with Crippen molar-refractivity contribution in [2.24, 2.45) is 0 Å². The summed E-state index contributed by atoms with van der Waals surface area (Å²) in [5, 5.41) is 2.91. The highest BCUT2D eigenvalue weighted by atomic mass is 16.3. The molecule has 0 radical (unpaired) electrons. The van der Waals surface area contributed by atoms with Gasteiger partial charge in [-0.2, -0.15) is 0 Å². The molecule has 41 heavy (non-hydrogen) atoms. The van der Waals surface area contributed by atoms with Crippen LogP contribution < -0.4 is 0 Å². The van der Waals surface area contributed by atoms with Gasteiger partial charge in [0.2, 0.25) is 5.71 Å². The van der Waals surface area contributed by atoms with E-state index in [4.69, 9.17) is 24.4 Å². The van der Waals surface area contributed by atoms with E-state index in [0.717, 1.165) is 55.1 Å². The molecule has 192 valence electrons. The van der Waals surface area contributed by atoms with Crippen LogP contribution in [0.5, 0.6) is 0 Å². The molecule has 0 spiro atoms. The number of aromatic nitrogens is 4. The van der Waals surface area contributed by atoms with Crippen LogP contribution in [-0.2, 0) is 0 Å². The van der Waals surface area contributed by atoms with Gasteiger partial charge in [0.05, 0.1) is 5.52 Å². The Morgan fingerprint density at radius 1 is 0.439 bits per heavy atom. The molecule has 0 fully saturated rings. The van der Waals surface area contributed by atoms with Crippen molar-refractivity contribution in [1.82, 2.24) is 19.9 Å². The molecule has 5 heteroatoms. The van der Waals surface area contributed by atoms with Crippen LogP contribution in [0.15, 0.2) is 138 Å². The summed E-state index contributed by atoms with van der Waals surface area (Å²) in [5.74, 6) is 1.82. The molecule has 3 aromatic heterocycles. The number of fused-ring (bicyclic) bond motifs is 4. The van der Waals surface area contributed by atoms with E-state index in [2.05, 4.69) is 36.4 Å². The van der Waals surface area contributed by atoms with E-state index in [9.17, 15) is 0 Å². The molecule has 5 aromatic carbocycles. The molecule has 0 aliphatic carbocycles. The Kier molecular flexibility index (Phi) is 5.38. The minimum Gasteiger partial charge on any atom is -0.437 e. The van der Waals surface area contributed by atoms with Crippen LogP contribution in [0.3, 0.4) is 0 Å². The van der Waals surface area contributed by atoms with Crippen molar-refractivity contribution >= 4 is 33.0 Å². The molecule has 0 aliphatic rings. The van der Waals surface area contributed by atoms with Crippen molar-refractivity contribution in [2.75, 3.05) is 0 Å². The maximum Gasteiger partial charge on any atom is 0.227 e. The Balaban J connectivity index is 1.46. The first kappa shape index (κ1) is 23.2. The number of hydrogen-bond donors (Lipinski definition) is 0. The summed E-state index contributed by atoms with van der Waals surface area (Å²) in [6.07, 6.45) is 0. The lowest BCUT2D eigenvalue weighted by atomic mass is 9.98. The van der Waals surface area contributed by atoms with Gasteiger partial charge in [-0.05, 0) is 29.8 Å². The Labute approximate surface area is 235 Å². The number of nitrogens with zero attached hydrogens (tertiary/aromatic N) is 4. The SMILES string of the molecule is c1ccc(-c2nc(-c3ccccc3)nc(-c3ccc(-c4ccccc4)c4oc5nc6ccccc6cc5c34)n2)cc1. The third-order valence-corrected chi connectivity index (χ3v) is 7.34. The Morgan fingerprint density at radius 2 is 0.976 bits per heavy atom. The van der Waals surface area contributed by atoms with Crippen molar-refractivity contribution in [3.05, 3.63) is 133 Å². The molecule has 0 saturated heterocycles. The van der Waals surface area contributed by atoms with Gasteiger partial charge in [0.25, 0.3) is 0 Å². The second-order valence-electron chi connectivity index (χ2n) is 9.90. The molecule has 0 amide bonds. The molecule has 8 rings (SSSR count). The van der Waals surface area contributed by atoms with Gasteiger partial charge in [-0.1, -0.05) is 109 Å². The van der Waals surface area contributed by atoms with E-state index in [1.807, 2.05) is 97.1 Å². The minimum atomic E-state index is 0.582. The predicted octanol–water partition coefficient (Wildman–Crippen LogP) is 8.99. The smallest absolute Gasteiger partial charge is 0.227 e. The van der Waals surface area contributed by atoms with Crippen molar-refractivity contribution < 1.29 is 4.42 Å². The van der Waals surface area contributed by atoms with E-state index in [0.29, 0.717) is 23.2 Å². The molecule has 0 N–H and O–H groups in total. The van der Waals surface area contributed by atoms with E-state index < -0.39 is 0 Å². The number of rotatable bonds is 4. The van der Waals surface area contributed by atoms with Gasteiger partial charge in [-0.15, -0.1) is 0 Å². The van der Waals surface area contributed by atoms with Crippen LogP contribution >= 0.6 is 0 Å². The van der Waals surface area contributed by atoms with Crippen molar-refractivity contribution in [3.8, 4) is 45.3 Å². The quantitative estimate of drug-likeness (QED) is 0.229. The molecule has 5 nitrogen and oxygen atoms in total. The van der Waals surface area contributed by atoms with Crippen LogP contribution in [0.4, 0.5) is 0 Å². The lowest BCUT2D eigenvalue weighted by Gasteiger charge is -2.10. The predicted molar refractivity (Wildman–Crippen MR) is 164 cm³/mol. The second kappa shape index (κ2) is 9.50. The zero-order valence-corrected chi connectivity index (χ0v) is 21.9. The summed E-state index contributed by atoms with van der Waals surface area (Å²) in [7, 11) is 0. The summed E-state index contributed by atoms with van der Waals surface area (Å²) in [6.45, 7) is 0. The normalized spacial score (nSPS) is 11.4. The number of pyridine rings is 1. The van der Waals surface area contributed by atoms with E-state index in [1.54, 1.807) is 0 Å². The zero-order chi connectivity index (χ0) is 27.2. The maximum atomic E-state index is 6.56. The third-order valence-electron chi connectivity index (χ3n) is 7.34. The minimum absolute atomic E-state index is 0.582. The van der Waals surface area contributed by atoms with Crippen LogP contribution in [0.25, 0.3) is 78.3 Å². The number of hydrogen-bond acceptors (Lipinski definition) is 5. The zero-order valence-electron chi connectivity index (χ0n) is 21.9. The Bertz CT molecular complexity index is 2130. The molecule has 0 unspecified atom stereocenters. The average Bonchev–Trinajstić information content (AvgIpc) is 3.42. The molecular formula is C36H22N4O. The summed E-state index contributed by atoms with van der Waals surface area (Å²) in [5.41, 5.74) is 7.01. The average molecular weight is 527 g/mol. The van der Waals surface area contributed by atoms with E-state index in [-0.39, 0.29) is 0 Å². The van der Waals surface area contributed by atoms with Crippen molar-refractivity contribution in [2.45, 2.75) is 0 Å². The van der Waals surface area contributed by atoms with Gasteiger partial charge in [0, 0.05) is 38.4 Å². The number of para-hydroxylation sites is 1. The molecule has 8 aromatic rings.